The van der Waals surface area contributed by atoms with Crippen molar-refractivity contribution in [2.45, 2.75) is 51.0 Å². The van der Waals surface area contributed by atoms with Crippen molar-refractivity contribution >= 4 is 11.9 Å². The summed E-state index contributed by atoms with van der Waals surface area (Å²) in [7, 11) is 0. The molecule has 1 saturated heterocycles. The molecule has 1 N–H and O–H groups in total. The largest absolute Gasteiger partial charge is 0.480 e. The predicted molar refractivity (Wildman–Crippen MR) is 69.5 cm³/mol. The molecule has 0 radical (unpaired) electrons. The molecule has 0 bridgehead atoms. The molecule has 108 valence electrons. The van der Waals surface area contributed by atoms with Crippen LogP contribution in [0.4, 0.5) is 0 Å². The molecular formula is C14H18N2O4. The van der Waals surface area contributed by atoms with Crippen molar-refractivity contribution in [2.75, 3.05) is 6.54 Å². The summed E-state index contributed by atoms with van der Waals surface area (Å²) < 4.78 is 5.25. The van der Waals surface area contributed by atoms with Crippen molar-refractivity contribution in [1.29, 1.82) is 0 Å². The van der Waals surface area contributed by atoms with Gasteiger partial charge in [-0.15, -0.1) is 0 Å². The van der Waals surface area contributed by atoms with Crippen LogP contribution in [0.1, 0.15) is 54.4 Å². The van der Waals surface area contributed by atoms with Gasteiger partial charge in [0.15, 0.2) is 5.69 Å². The highest BCUT2D eigenvalue weighted by molar-refractivity contribution is 5.97. The van der Waals surface area contributed by atoms with Gasteiger partial charge in [-0.2, -0.15) is 0 Å². The molecule has 20 heavy (non-hydrogen) atoms. The quantitative estimate of drug-likeness (QED) is 0.889. The zero-order chi connectivity index (χ0) is 14.3. The lowest BCUT2D eigenvalue weighted by Crippen LogP contribution is -2.51. The highest BCUT2D eigenvalue weighted by Crippen LogP contribution is 2.32. The Labute approximate surface area is 116 Å². The normalized spacial score (nSPS) is 25.6. The van der Waals surface area contributed by atoms with E-state index in [4.69, 9.17) is 4.52 Å². The maximum atomic E-state index is 12.6. The van der Waals surface area contributed by atoms with Crippen LogP contribution in [0, 0.1) is 0 Å². The highest BCUT2D eigenvalue weighted by Gasteiger charge is 2.47. The Balaban J connectivity index is 1.93. The molecule has 0 aromatic carbocycles. The van der Waals surface area contributed by atoms with Gasteiger partial charge in [-0.05, 0) is 39.0 Å². The number of amides is 1. The van der Waals surface area contributed by atoms with E-state index in [0.717, 1.165) is 37.0 Å². The molecule has 0 saturated carbocycles. The van der Waals surface area contributed by atoms with E-state index in [1.54, 1.807) is 6.92 Å². The summed E-state index contributed by atoms with van der Waals surface area (Å²) in [5, 5.41) is 13.3. The van der Waals surface area contributed by atoms with Gasteiger partial charge in [0.05, 0.1) is 0 Å². The number of likely N-dealkylation sites (tertiary alicyclic amines) is 1. The lowest BCUT2D eigenvalue weighted by atomic mass is 9.95. The molecule has 2 aliphatic rings. The maximum Gasteiger partial charge on any atom is 0.329 e. The van der Waals surface area contributed by atoms with E-state index in [1.807, 2.05) is 0 Å². The molecular weight excluding hydrogens is 260 g/mol. The number of aryl methyl sites for hydroxylation is 1. The van der Waals surface area contributed by atoms with Crippen LogP contribution in [0.5, 0.6) is 0 Å². The summed E-state index contributed by atoms with van der Waals surface area (Å²) in [5.41, 5.74) is 0.0624. The summed E-state index contributed by atoms with van der Waals surface area (Å²) in [5.74, 6) is -0.476. The summed E-state index contributed by atoms with van der Waals surface area (Å²) in [4.78, 5) is 25.5. The fourth-order valence-corrected chi connectivity index (χ4v) is 3.19. The van der Waals surface area contributed by atoms with E-state index in [-0.39, 0.29) is 5.91 Å². The summed E-state index contributed by atoms with van der Waals surface area (Å²) in [6.45, 7) is 2.07. The molecule has 1 unspecified atom stereocenters. The maximum absolute atomic E-state index is 12.6. The number of hydrogen-bond donors (Lipinski definition) is 1. The summed E-state index contributed by atoms with van der Waals surface area (Å²) >= 11 is 0. The fourth-order valence-electron chi connectivity index (χ4n) is 3.19. The van der Waals surface area contributed by atoms with Crippen LogP contribution in [0.3, 0.4) is 0 Å². The van der Waals surface area contributed by atoms with Gasteiger partial charge >= 0.3 is 5.97 Å². The Morgan fingerprint density at radius 1 is 1.30 bits per heavy atom. The van der Waals surface area contributed by atoms with Gasteiger partial charge in [0, 0.05) is 18.5 Å². The van der Waals surface area contributed by atoms with Crippen LogP contribution in [0.2, 0.25) is 0 Å². The van der Waals surface area contributed by atoms with Gasteiger partial charge in [-0.1, -0.05) is 5.16 Å². The van der Waals surface area contributed by atoms with Crippen LogP contribution in [-0.2, 0) is 17.6 Å². The molecule has 3 rings (SSSR count). The topological polar surface area (TPSA) is 83.6 Å². The minimum atomic E-state index is -1.13. The lowest BCUT2D eigenvalue weighted by molar-refractivity contribution is -0.147. The number of aromatic nitrogens is 1. The van der Waals surface area contributed by atoms with Crippen molar-refractivity contribution in [3.8, 4) is 0 Å². The number of nitrogens with zero attached hydrogens (tertiary/aromatic N) is 2. The smallest absolute Gasteiger partial charge is 0.329 e. The van der Waals surface area contributed by atoms with E-state index < -0.39 is 11.5 Å². The third-order valence-corrected chi connectivity index (χ3v) is 4.50. The van der Waals surface area contributed by atoms with E-state index in [0.29, 0.717) is 25.1 Å². The van der Waals surface area contributed by atoms with Crippen LogP contribution in [0.25, 0.3) is 0 Å². The third-order valence-electron chi connectivity index (χ3n) is 4.50. The second-order valence-electron chi connectivity index (χ2n) is 5.78. The van der Waals surface area contributed by atoms with Gasteiger partial charge in [-0.25, -0.2) is 4.79 Å². The standard InChI is InChI=1S/C14H18N2O4/c1-14(13(18)19)7-4-8-16(14)12(17)11-9-5-2-3-6-10(9)20-15-11/h2-8H2,1H3,(H,18,19). The van der Waals surface area contributed by atoms with Crippen molar-refractivity contribution in [2.24, 2.45) is 0 Å². The van der Waals surface area contributed by atoms with E-state index >= 15 is 0 Å². The molecule has 1 aromatic heterocycles. The zero-order valence-electron chi connectivity index (χ0n) is 11.5. The minimum Gasteiger partial charge on any atom is -0.480 e. The van der Waals surface area contributed by atoms with Gasteiger partial charge in [-0.3, -0.25) is 4.79 Å². The average Bonchev–Trinajstić information content (AvgIpc) is 3.02. The summed E-state index contributed by atoms with van der Waals surface area (Å²) in [6, 6.07) is 0. The molecule has 0 spiro atoms. The predicted octanol–water partition coefficient (Wildman–Crippen LogP) is 1.63. The Morgan fingerprint density at radius 3 is 2.80 bits per heavy atom. The van der Waals surface area contributed by atoms with Gasteiger partial charge in [0.1, 0.15) is 11.3 Å². The number of rotatable bonds is 2. The number of aliphatic carboxylic acids is 1. The van der Waals surface area contributed by atoms with Gasteiger partial charge in [0.25, 0.3) is 5.91 Å². The molecule has 1 aromatic rings. The number of fused-ring (bicyclic) bond motifs is 1. The Morgan fingerprint density at radius 2 is 2.05 bits per heavy atom. The molecule has 1 aliphatic heterocycles. The highest BCUT2D eigenvalue weighted by atomic mass is 16.5. The average molecular weight is 278 g/mol. The first-order valence-electron chi connectivity index (χ1n) is 7.07. The molecule has 1 amide bonds. The number of hydrogen-bond acceptors (Lipinski definition) is 4. The second-order valence-corrected chi connectivity index (χ2v) is 5.78. The van der Waals surface area contributed by atoms with E-state index in [9.17, 15) is 14.7 Å². The summed E-state index contributed by atoms with van der Waals surface area (Å²) in [6.07, 6.45) is 4.85. The van der Waals surface area contributed by atoms with Crippen molar-refractivity contribution in [1.82, 2.24) is 10.1 Å². The molecule has 1 atom stereocenters. The monoisotopic (exact) mass is 278 g/mol. The van der Waals surface area contributed by atoms with E-state index in [2.05, 4.69) is 5.16 Å². The minimum absolute atomic E-state index is 0.306. The van der Waals surface area contributed by atoms with Crippen LogP contribution in [0.15, 0.2) is 4.52 Å². The molecule has 1 fully saturated rings. The number of carbonyl (C=O) groups is 2. The molecule has 1 aliphatic carbocycles. The third kappa shape index (κ3) is 1.82. The molecule has 2 heterocycles. The molecule has 6 nitrogen and oxygen atoms in total. The SMILES string of the molecule is CC1(C(=O)O)CCCN1C(=O)c1noc2c1CCCC2. The zero-order valence-corrected chi connectivity index (χ0v) is 11.5. The Kier molecular flexibility index (Phi) is 3.03. The fraction of sp³-hybridized carbons (Fsp3) is 0.643. The number of carboxylic acids is 1. The van der Waals surface area contributed by atoms with Crippen LogP contribution in [-0.4, -0.2) is 39.1 Å². The van der Waals surface area contributed by atoms with Crippen molar-refractivity contribution in [3.05, 3.63) is 17.0 Å². The van der Waals surface area contributed by atoms with Crippen molar-refractivity contribution in [3.63, 3.8) is 0 Å². The number of carboxylic acid groups (broad SMARTS) is 1. The first-order valence-corrected chi connectivity index (χ1v) is 7.07. The van der Waals surface area contributed by atoms with E-state index in [1.165, 1.54) is 4.90 Å². The first kappa shape index (κ1) is 13.1. The van der Waals surface area contributed by atoms with Gasteiger partial charge in [0.2, 0.25) is 0 Å². The molecule has 6 heteroatoms. The van der Waals surface area contributed by atoms with Gasteiger partial charge < -0.3 is 14.5 Å². The Bertz CT molecular complexity index is 566. The first-order chi connectivity index (χ1) is 9.54. The van der Waals surface area contributed by atoms with Crippen LogP contribution >= 0.6 is 0 Å². The van der Waals surface area contributed by atoms with Crippen molar-refractivity contribution < 1.29 is 19.2 Å². The number of carbonyl (C=O) groups excluding carboxylic acids is 1. The Hall–Kier alpha value is -1.85. The second kappa shape index (κ2) is 4.61. The lowest BCUT2D eigenvalue weighted by Gasteiger charge is -2.30. The van der Waals surface area contributed by atoms with Crippen LogP contribution < -0.4 is 0 Å².